The van der Waals surface area contributed by atoms with Gasteiger partial charge in [0.1, 0.15) is 0 Å². The Morgan fingerprint density at radius 2 is 1.90 bits per heavy atom. The van der Waals surface area contributed by atoms with Gasteiger partial charge < -0.3 is 4.90 Å². The Morgan fingerprint density at radius 1 is 1.14 bits per heavy atom. The van der Waals surface area contributed by atoms with Crippen molar-refractivity contribution in [1.82, 2.24) is 0 Å². The first-order valence-electron chi connectivity index (χ1n) is 6.79. The number of amides is 1. The van der Waals surface area contributed by atoms with E-state index >= 15 is 0 Å². The van der Waals surface area contributed by atoms with Crippen molar-refractivity contribution < 1.29 is 9.59 Å². The summed E-state index contributed by atoms with van der Waals surface area (Å²) in [6, 6.07) is 12.5. The normalized spacial score (nSPS) is 14.0. The first kappa shape index (κ1) is 13.8. The van der Waals surface area contributed by atoms with Crippen molar-refractivity contribution in [3.8, 4) is 0 Å². The number of Topliss-reactive ketones (excluding diaryl/α,β-unsaturated/α-hetero) is 1. The number of carbonyl (C=O) groups is 2. The standard InChI is InChI=1S/C17H14ClNO2/c1-11-5-4-7-13-15(20)9-10-19(16(11)13)17(21)12-6-2-3-8-14(12)18/h2-8H,9-10H2,1H3. The molecule has 0 bridgehead atoms. The summed E-state index contributed by atoms with van der Waals surface area (Å²) in [6.07, 6.45) is 0.340. The summed E-state index contributed by atoms with van der Waals surface area (Å²) in [5.74, 6) is -0.0828. The number of ketones is 1. The summed E-state index contributed by atoms with van der Waals surface area (Å²) in [5.41, 5.74) is 2.70. The van der Waals surface area contributed by atoms with E-state index in [1.807, 2.05) is 19.1 Å². The summed E-state index contributed by atoms with van der Waals surface area (Å²) >= 11 is 6.12. The summed E-state index contributed by atoms with van der Waals surface area (Å²) in [4.78, 5) is 26.5. The van der Waals surface area contributed by atoms with Gasteiger partial charge >= 0.3 is 0 Å². The molecule has 4 heteroatoms. The smallest absolute Gasteiger partial charge is 0.259 e. The van der Waals surface area contributed by atoms with Crippen LogP contribution in [0.15, 0.2) is 42.5 Å². The van der Waals surface area contributed by atoms with Gasteiger partial charge in [-0.05, 0) is 30.7 Å². The third-order valence-electron chi connectivity index (χ3n) is 3.72. The van der Waals surface area contributed by atoms with Crippen molar-refractivity contribution in [3.63, 3.8) is 0 Å². The number of fused-ring (bicyclic) bond motifs is 1. The highest BCUT2D eigenvalue weighted by Crippen LogP contribution is 2.32. The van der Waals surface area contributed by atoms with E-state index < -0.39 is 0 Å². The molecule has 0 N–H and O–H groups in total. The Hall–Kier alpha value is -2.13. The Kier molecular flexibility index (Phi) is 3.52. The Labute approximate surface area is 128 Å². The van der Waals surface area contributed by atoms with Crippen LogP contribution in [0, 0.1) is 6.92 Å². The van der Waals surface area contributed by atoms with Gasteiger partial charge in [-0.3, -0.25) is 9.59 Å². The highest BCUT2D eigenvalue weighted by Gasteiger charge is 2.29. The molecule has 1 amide bonds. The van der Waals surface area contributed by atoms with Gasteiger partial charge in [0.25, 0.3) is 5.91 Å². The number of benzene rings is 2. The third kappa shape index (κ3) is 2.34. The summed E-state index contributed by atoms with van der Waals surface area (Å²) < 4.78 is 0. The molecule has 1 aliphatic heterocycles. The van der Waals surface area contributed by atoms with Gasteiger partial charge in [-0.25, -0.2) is 0 Å². The first-order chi connectivity index (χ1) is 10.1. The first-order valence-corrected chi connectivity index (χ1v) is 7.16. The molecule has 0 saturated heterocycles. The lowest BCUT2D eigenvalue weighted by Gasteiger charge is -2.30. The Balaban J connectivity index is 2.10. The lowest BCUT2D eigenvalue weighted by molar-refractivity contribution is 0.0955. The van der Waals surface area contributed by atoms with Crippen molar-refractivity contribution in [2.75, 3.05) is 11.4 Å². The van der Waals surface area contributed by atoms with E-state index in [9.17, 15) is 9.59 Å². The molecule has 1 aliphatic rings. The van der Waals surface area contributed by atoms with Crippen molar-refractivity contribution in [3.05, 3.63) is 64.2 Å². The minimum Gasteiger partial charge on any atom is -0.307 e. The molecule has 3 nitrogen and oxygen atoms in total. The lowest BCUT2D eigenvalue weighted by Crippen LogP contribution is -2.38. The van der Waals surface area contributed by atoms with Gasteiger partial charge in [-0.15, -0.1) is 0 Å². The van der Waals surface area contributed by atoms with Crippen LogP contribution in [-0.4, -0.2) is 18.2 Å². The monoisotopic (exact) mass is 299 g/mol. The zero-order valence-corrected chi connectivity index (χ0v) is 12.4. The quantitative estimate of drug-likeness (QED) is 0.801. The van der Waals surface area contributed by atoms with Crippen LogP contribution < -0.4 is 4.90 Å². The van der Waals surface area contributed by atoms with E-state index in [4.69, 9.17) is 11.6 Å². The van der Waals surface area contributed by atoms with E-state index in [1.54, 1.807) is 35.2 Å². The van der Waals surface area contributed by atoms with Crippen molar-refractivity contribution in [2.24, 2.45) is 0 Å². The largest absolute Gasteiger partial charge is 0.307 e. The van der Waals surface area contributed by atoms with Gasteiger partial charge in [0.15, 0.2) is 5.78 Å². The minimum atomic E-state index is -0.163. The van der Waals surface area contributed by atoms with E-state index in [-0.39, 0.29) is 11.7 Å². The van der Waals surface area contributed by atoms with Crippen molar-refractivity contribution >= 4 is 29.0 Å². The summed E-state index contributed by atoms with van der Waals surface area (Å²) in [6.45, 7) is 2.30. The number of para-hydroxylation sites is 1. The maximum absolute atomic E-state index is 12.8. The van der Waals surface area contributed by atoms with Gasteiger partial charge in [-0.1, -0.05) is 35.9 Å². The van der Waals surface area contributed by atoms with E-state index in [0.29, 0.717) is 34.8 Å². The van der Waals surface area contributed by atoms with Crippen molar-refractivity contribution in [2.45, 2.75) is 13.3 Å². The number of rotatable bonds is 1. The van der Waals surface area contributed by atoms with E-state index in [1.165, 1.54) is 0 Å². The van der Waals surface area contributed by atoms with Crippen LogP contribution in [0.2, 0.25) is 5.02 Å². The molecule has 106 valence electrons. The zero-order valence-electron chi connectivity index (χ0n) is 11.6. The average Bonchev–Trinajstić information content (AvgIpc) is 2.48. The molecule has 2 aromatic rings. The van der Waals surface area contributed by atoms with Crippen LogP contribution in [0.1, 0.15) is 32.7 Å². The van der Waals surface area contributed by atoms with Gasteiger partial charge in [0.2, 0.25) is 0 Å². The van der Waals surface area contributed by atoms with Gasteiger partial charge in [-0.2, -0.15) is 0 Å². The number of halogens is 1. The predicted octanol–water partition coefficient (Wildman–Crippen LogP) is 3.88. The summed E-state index contributed by atoms with van der Waals surface area (Å²) in [7, 11) is 0. The molecule has 0 spiro atoms. The second kappa shape index (κ2) is 5.34. The second-order valence-corrected chi connectivity index (χ2v) is 5.49. The van der Waals surface area contributed by atoms with E-state index in [2.05, 4.69) is 0 Å². The minimum absolute atomic E-state index is 0.0805. The predicted molar refractivity (Wildman–Crippen MR) is 83.3 cm³/mol. The topological polar surface area (TPSA) is 37.4 Å². The number of carbonyl (C=O) groups excluding carboxylic acids is 2. The molecule has 0 atom stereocenters. The molecule has 2 aromatic carbocycles. The number of anilines is 1. The molecular formula is C17H14ClNO2. The fourth-order valence-corrected chi connectivity index (χ4v) is 2.90. The lowest BCUT2D eigenvalue weighted by atomic mass is 9.96. The highest BCUT2D eigenvalue weighted by atomic mass is 35.5. The highest BCUT2D eigenvalue weighted by molar-refractivity contribution is 6.34. The maximum Gasteiger partial charge on any atom is 0.259 e. The average molecular weight is 300 g/mol. The van der Waals surface area contributed by atoms with Crippen LogP contribution in [-0.2, 0) is 0 Å². The van der Waals surface area contributed by atoms with Crippen molar-refractivity contribution in [1.29, 1.82) is 0 Å². The zero-order chi connectivity index (χ0) is 15.0. The van der Waals surface area contributed by atoms with Crippen LogP contribution >= 0.6 is 11.6 Å². The van der Waals surface area contributed by atoms with Crippen LogP contribution in [0.3, 0.4) is 0 Å². The van der Waals surface area contributed by atoms with Crippen LogP contribution in [0.25, 0.3) is 0 Å². The molecule has 0 radical (unpaired) electrons. The van der Waals surface area contributed by atoms with Crippen LogP contribution in [0.4, 0.5) is 5.69 Å². The number of hydrogen-bond donors (Lipinski definition) is 0. The number of nitrogens with zero attached hydrogens (tertiary/aromatic N) is 1. The molecule has 3 rings (SSSR count). The molecule has 1 heterocycles. The maximum atomic E-state index is 12.8. The fraction of sp³-hybridized carbons (Fsp3) is 0.176. The van der Waals surface area contributed by atoms with Gasteiger partial charge in [0, 0.05) is 18.5 Å². The van der Waals surface area contributed by atoms with Gasteiger partial charge in [0.05, 0.1) is 16.3 Å². The number of aryl methyl sites for hydroxylation is 1. The molecule has 0 saturated carbocycles. The van der Waals surface area contributed by atoms with Crippen LogP contribution in [0.5, 0.6) is 0 Å². The second-order valence-electron chi connectivity index (χ2n) is 5.08. The third-order valence-corrected chi connectivity index (χ3v) is 4.05. The Morgan fingerprint density at radius 3 is 2.67 bits per heavy atom. The molecule has 0 fully saturated rings. The SMILES string of the molecule is Cc1cccc2c1N(C(=O)c1ccccc1Cl)CCC2=O. The Bertz CT molecular complexity index is 739. The molecule has 0 unspecified atom stereocenters. The number of hydrogen-bond acceptors (Lipinski definition) is 2. The molecule has 0 aliphatic carbocycles. The summed E-state index contributed by atoms with van der Waals surface area (Å²) in [5, 5.41) is 0.425. The molecule has 0 aromatic heterocycles. The fourth-order valence-electron chi connectivity index (χ4n) is 2.69. The molecule has 21 heavy (non-hydrogen) atoms. The van der Waals surface area contributed by atoms with E-state index in [0.717, 1.165) is 5.56 Å². The molecular weight excluding hydrogens is 286 g/mol.